The predicted octanol–water partition coefficient (Wildman–Crippen LogP) is 2.17. The molecule has 0 amide bonds. The summed E-state index contributed by atoms with van der Waals surface area (Å²) in [5, 5.41) is 8.69. The van der Waals surface area contributed by atoms with Gasteiger partial charge in [-0.15, -0.1) is 0 Å². The van der Waals surface area contributed by atoms with Crippen LogP contribution >= 0.6 is 0 Å². The van der Waals surface area contributed by atoms with Gasteiger partial charge in [0.25, 0.3) is 0 Å². The standard InChI is InChI=1S/C13H16O4/c1-9-7-11-12(17-6-2-5-16-11)8-10(9)3-4-13(14)15/h7-8H,2-6H2,1H3,(H,14,15). The predicted molar refractivity (Wildman–Crippen MR) is 62.7 cm³/mol. The molecule has 1 aliphatic rings. The number of carboxylic acids is 1. The summed E-state index contributed by atoms with van der Waals surface area (Å²) in [6, 6.07) is 3.83. The van der Waals surface area contributed by atoms with E-state index in [1.807, 2.05) is 19.1 Å². The van der Waals surface area contributed by atoms with Crippen molar-refractivity contribution in [3.05, 3.63) is 23.3 Å². The molecule has 0 bridgehead atoms. The molecule has 1 N–H and O–H groups in total. The summed E-state index contributed by atoms with van der Waals surface area (Å²) in [5.41, 5.74) is 2.06. The van der Waals surface area contributed by atoms with Crippen molar-refractivity contribution in [2.75, 3.05) is 13.2 Å². The van der Waals surface area contributed by atoms with E-state index in [0.29, 0.717) is 19.6 Å². The van der Waals surface area contributed by atoms with Gasteiger partial charge in [-0.1, -0.05) is 0 Å². The van der Waals surface area contributed by atoms with Gasteiger partial charge in [-0.3, -0.25) is 4.79 Å². The van der Waals surface area contributed by atoms with Crippen molar-refractivity contribution in [2.24, 2.45) is 0 Å². The molecule has 0 fully saturated rings. The molecule has 0 saturated carbocycles. The molecular formula is C13H16O4. The molecule has 0 radical (unpaired) electrons. The second-order valence-electron chi connectivity index (χ2n) is 4.17. The van der Waals surface area contributed by atoms with E-state index in [-0.39, 0.29) is 6.42 Å². The molecule has 17 heavy (non-hydrogen) atoms. The van der Waals surface area contributed by atoms with Crippen LogP contribution in [-0.4, -0.2) is 24.3 Å². The Labute approximate surface area is 100 Å². The minimum Gasteiger partial charge on any atom is -0.490 e. The molecular weight excluding hydrogens is 220 g/mol. The zero-order chi connectivity index (χ0) is 12.3. The smallest absolute Gasteiger partial charge is 0.303 e. The summed E-state index contributed by atoms with van der Waals surface area (Å²) in [5.74, 6) is 0.712. The van der Waals surface area contributed by atoms with Crippen molar-refractivity contribution in [3.63, 3.8) is 0 Å². The number of benzene rings is 1. The van der Waals surface area contributed by atoms with Crippen LogP contribution < -0.4 is 9.47 Å². The van der Waals surface area contributed by atoms with Crippen LogP contribution in [0.1, 0.15) is 24.0 Å². The Morgan fingerprint density at radius 2 is 1.94 bits per heavy atom. The first-order valence-electron chi connectivity index (χ1n) is 5.78. The highest BCUT2D eigenvalue weighted by atomic mass is 16.5. The van der Waals surface area contributed by atoms with Gasteiger partial charge in [0.15, 0.2) is 11.5 Å². The third-order valence-corrected chi connectivity index (χ3v) is 2.81. The molecule has 0 atom stereocenters. The van der Waals surface area contributed by atoms with E-state index in [4.69, 9.17) is 14.6 Å². The molecule has 1 aliphatic heterocycles. The van der Waals surface area contributed by atoms with E-state index >= 15 is 0 Å². The van der Waals surface area contributed by atoms with Crippen molar-refractivity contribution >= 4 is 5.97 Å². The monoisotopic (exact) mass is 236 g/mol. The Morgan fingerprint density at radius 3 is 2.59 bits per heavy atom. The SMILES string of the molecule is Cc1cc2c(cc1CCC(=O)O)OCCCO2. The molecule has 4 nitrogen and oxygen atoms in total. The Kier molecular flexibility index (Phi) is 3.52. The number of hydrogen-bond donors (Lipinski definition) is 1. The average Bonchev–Trinajstić information content (AvgIpc) is 2.50. The van der Waals surface area contributed by atoms with Gasteiger partial charge < -0.3 is 14.6 Å². The van der Waals surface area contributed by atoms with Gasteiger partial charge in [-0.05, 0) is 36.6 Å². The molecule has 0 aliphatic carbocycles. The molecule has 1 aromatic carbocycles. The van der Waals surface area contributed by atoms with E-state index in [0.717, 1.165) is 29.0 Å². The van der Waals surface area contributed by atoms with Gasteiger partial charge in [0.2, 0.25) is 0 Å². The van der Waals surface area contributed by atoms with Gasteiger partial charge in [0.1, 0.15) is 0 Å². The number of carboxylic acid groups (broad SMARTS) is 1. The van der Waals surface area contributed by atoms with E-state index < -0.39 is 5.97 Å². The maximum absolute atomic E-state index is 10.6. The maximum Gasteiger partial charge on any atom is 0.303 e. The lowest BCUT2D eigenvalue weighted by molar-refractivity contribution is -0.136. The summed E-state index contributed by atoms with van der Waals surface area (Å²) in [4.78, 5) is 10.6. The number of fused-ring (bicyclic) bond motifs is 1. The lowest BCUT2D eigenvalue weighted by Crippen LogP contribution is -2.00. The maximum atomic E-state index is 10.6. The van der Waals surface area contributed by atoms with Crippen LogP contribution in [0.3, 0.4) is 0 Å². The van der Waals surface area contributed by atoms with Gasteiger partial charge in [0, 0.05) is 12.8 Å². The first-order valence-corrected chi connectivity index (χ1v) is 5.78. The van der Waals surface area contributed by atoms with Crippen molar-refractivity contribution < 1.29 is 19.4 Å². The lowest BCUT2D eigenvalue weighted by atomic mass is 10.0. The number of aliphatic carboxylic acids is 1. The fourth-order valence-electron chi connectivity index (χ4n) is 1.86. The van der Waals surface area contributed by atoms with Crippen molar-refractivity contribution in [3.8, 4) is 11.5 Å². The number of rotatable bonds is 3. The van der Waals surface area contributed by atoms with Crippen molar-refractivity contribution in [2.45, 2.75) is 26.2 Å². The summed E-state index contributed by atoms with van der Waals surface area (Å²) in [6.45, 7) is 3.28. The highest BCUT2D eigenvalue weighted by Crippen LogP contribution is 2.33. The summed E-state index contributed by atoms with van der Waals surface area (Å²) in [6.07, 6.45) is 1.54. The Hall–Kier alpha value is -1.71. The average molecular weight is 236 g/mol. The van der Waals surface area contributed by atoms with Gasteiger partial charge in [0.05, 0.1) is 13.2 Å². The molecule has 0 saturated heterocycles. The van der Waals surface area contributed by atoms with Gasteiger partial charge in [-0.25, -0.2) is 0 Å². The van der Waals surface area contributed by atoms with Crippen LogP contribution in [0.2, 0.25) is 0 Å². The van der Waals surface area contributed by atoms with Crippen molar-refractivity contribution in [1.29, 1.82) is 0 Å². The zero-order valence-corrected chi connectivity index (χ0v) is 9.86. The first kappa shape index (κ1) is 11.8. The van der Waals surface area contributed by atoms with E-state index in [1.165, 1.54) is 0 Å². The van der Waals surface area contributed by atoms with Crippen LogP contribution in [0.5, 0.6) is 11.5 Å². The largest absolute Gasteiger partial charge is 0.490 e. The fraction of sp³-hybridized carbons (Fsp3) is 0.462. The molecule has 0 spiro atoms. The number of aryl methyl sites for hydroxylation is 2. The highest BCUT2D eigenvalue weighted by Gasteiger charge is 2.13. The zero-order valence-electron chi connectivity index (χ0n) is 9.86. The second kappa shape index (κ2) is 5.08. The third-order valence-electron chi connectivity index (χ3n) is 2.81. The number of ether oxygens (including phenoxy) is 2. The molecule has 1 aromatic rings. The number of carbonyl (C=O) groups is 1. The van der Waals surface area contributed by atoms with Crippen LogP contribution in [0.15, 0.2) is 12.1 Å². The Morgan fingerprint density at radius 1 is 1.29 bits per heavy atom. The molecule has 1 heterocycles. The Bertz CT molecular complexity index is 426. The quantitative estimate of drug-likeness (QED) is 0.873. The van der Waals surface area contributed by atoms with E-state index in [9.17, 15) is 4.79 Å². The molecule has 0 aromatic heterocycles. The molecule has 2 rings (SSSR count). The van der Waals surface area contributed by atoms with Gasteiger partial charge >= 0.3 is 5.97 Å². The minimum absolute atomic E-state index is 0.139. The third kappa shape index (κ3) is 2.90. The highest BCUT2D eigenvalue weighted by molar-refractivity contribution is 5.67. The summed E-state index contributed by atoms with van der Waals surface area (Å²) >= 11 is 0. The van der Waals surface area contributed by atoms with E-state index in [1.54, 1.807) is 0 Å². The van der Waals surface area contributed by atoms with E-state index in [2.05, 4.69) is 0 Å². The van der Waals surface area contributed by atoms with Crippen LogP contribution in [-0.2, 0) is 11.2 Å². The summed E-state index contributed by atoms with van der Waals surface area (Å²) in [7, 11) is 0. The fourth-order valence-corrected chi connectivity index (χ4v) is 1.86. The first-order chi connectivity index (χ1) is 8.16. The van der Waals surface area contributed by atoms with Gasteiger partial charge in [-0.2, -0.15) is 0 Å². The van der Waals surface area contributed by atoms with Crippen LogP contribution in [0, 0.1) is 6.92 Å². The van der Waals surface area contributed by atoms with Crippen molar-refractivity contribution in [1.82, 2.24) is 0 Å². The molecule has 4 heteroatoms. The van der Waals surface area contributed by atoms with Crippen LogP contribution in [0.4, 0.5) is 0 Å². The number of hydrogen-bond acceptors (Lipinski definition) is 3. The molecule has 92 valence electrons. The molecule has 0 unspecified atom stereocenters. The topological polar surface area (TPSA) is 55.8 Å². The lowest BCUT2D eigenvalue weighted by Gasteiger charge is -2.11. The minimum atomic E-state index is -0.781. The Balaban J connectivity index is 2.22. The van der Waals surface area contributed by atoms with Crippen LogP contribution in [0.25, 0.3) is 0 Å². The normalized spacial score (nSPS) is 14.2. The second-order valence-corrected chi connectivity index (χ2v) is 4.17. The summed E-state index contributed by atoms with van der Waals surface area (Å²) < 4.78 is 11.1.